The molecule has 43 radical (unpaired) electrons. The smallest absolute Gasteiger partial charge is 0.229 e. The van der Waals surface area contributed by atoms with Crippen LogP contribution in [0.1, 0.15) is 46.6 Å². The fourth-order valence-corrected chi connectivity index (χ4v) is 15.1. The molecule has 3 aromatic heterocycles. The second-order valence-corrected chi connectivity index (χ2v) is 27.9. The highest BCUT2D eigenvalue weighted by molar-refractivity contribution is 8.32. The Balaban J connectivity index is 0.000000232. The minimum Gasteiger partial charge on any atom is -0.388 e. The number of nitrogens with one attached hydrogen (secondary N) is 2. The minimum absolute atomic E-state index is 0.0601. The number of amides is 2. The maximum absolute atomic E-state index is 12.2. The largest absolute Gasteiger partial charge is 0.388 e. The molecule has 9 rings (SSSR count). The monoisotopic (exact) mass is 1340 g/mol. The number of benzene rings is 3. The van der Waals surface area contributed by atoms with E-state index in [1.165, 1.54) is 46.5 Å². The second kappa shape index (κ2) is 43.7. The van der Waals surface area contributed by atoms with E-state index in [1.807, 2.05) is 81.6 Å². The van der Waals surface area contributed by atoms with Gasteiger partial charge in [-0.3, -0.25) is 9.59 Å². The number of aryl methyl sites for hydroxylation is 2. The fourth-order valence-electron chi connectivity index (χ4n) is 15.1. The average molecular weight is 1330 g/mol. The third-order valence-corrected chi connectivity index (χ3v) is 20.4. The summed E-state index contributed by atoms with van der Waals surface area (Å²) in [5, 5.41) is 3.20. The molecular weight excluding hydrogens is 1260 g/mol. The van der Waals surface area contributed by atoms with Crippen molar-refractivity contribution >= 4 is 337 Å². The highest BCUT2D eigenvalue weighted by Crippen LogP contribution is 2.36. The van der Waals surface area contributed by atoms with E-state index in [1.54, 1.807) is 30.3 Å². The van der Waals surface area contributed by atoms with E-state index in [4.69, 9.17) is 172 Å². The molecular formula is C49H64B41N12O4. The van der Waals surface area contributed by atoms with E-state index in [9.17, 15) is 9.59 Å². The van der Waals surface area contributed by atoms with Crippen LogP contribution in [0.2, 0.25) is 0 Å². The third-order valence-electron chi connectivity index (χ3n) is 20.4. The van der Waals surface area contributed by atoms with Gasteiger partial charge in [-0.2, -0.15) is 0 Å². The van der Waals surface area contributed by atoms with Crippen LogP contribution >= 0.6 is 0 Å². The lowest BCUT2D eigenvalue weighted by atomic mass is 8.27. The topological polar surface area (TPSA) is 145 Å². The van der Waals surface area contributed by atoms with Crippen molar-refractivity contribution < 1.29 is 19.1 Å². The van der Waals surface area contributed by atoms with Gasteiger partial charge in [0.05, 0.1) is 81.8 Å². The zero-order chi connectivity index (χ0) is 78.5. The van der Waals surface area contributed by atoms with Gasteiger partial charge in [-0.05, 0) is 72.4 Å². The maximum Gasteiger partial charge on any atom is 0.229 e. The third kappa shape index (κ3) is 24.8. The highest BCUT2D eigenvalue weighted by Gasteiger charge is 2.57. The number of fused-ring (bicyclic) bond motifs is 3. The van der Waals surface area contributed by atoms with Crippen molar-refractivity contribution in [2.24, 2.45) is 14.1 Å². The number of H-pyrrole nitrogens is 1. The summed E-state index contributed by atoms with van der Waals surface area (Å²) in [6.45, 7) is 6.42. The number of carbonyl (C=O) groups excluding carboxylic acids is 2. The summed E-state index contributed by atoms with van der Waals surface area (Å²) in [5.74, 6) is 0.121. The van der Waals surface area contributed by atoms with Gasteiger partial charge < -0.3 is 53.4 Å². The molecule has 0 saturated carbocycles. The summed E-state index contributed by atoms with van der Waals surface area (Å²) in [6, 6.07) is 19.1. The Kier molecular flexibility index (Phi) is 37.5. The molecule has 6 heterocycles. The molecule has 2 amide bonds. The Morgan fingerprint density at radius 3 is 1.15 bits per heavy atom. The van der Waals surface area contributed by atoms with Gasteiger partial charge in [0.25, 0.3) is 0 Å². The first-order valence-electron chi connectivity index (χ1n) is 35.6. The summed E-state index contributed by atoms with van der Waals surface area (Å²) < 4.78 is 13.9. The van der Waals surface area contributed by atoms with Crippen LogP contribution in [0.4, 0.5) is 34.1 Å². The van der Waals surface area contributed by atoms with Gasteiger partial charge in [-0.1, -0.05) is 18.2 Å². The molecule has 16 nitrogen and oxygen atoms in total. The number of aromatic nitrogens is 6. The molecule has 0 bridgehead atoms. The lowest BCUT2D eigenvalue weighted by molar-refractivity contribution is -0.120. The maximum atomic E-state index is 12.2. The van der Waals surface area contributed by atoms with Gasteiger partial charge in [-0.25, -0.2) is 15.0 Å². The predicted octanol–water partition coefficient (Wildman–Crippen LogP) is -9.63. The van der Waals surface area contributed by atoms with Crippen LogP contribution in [0.5, 0.6) is 0 Å². The van der Waals surface area contributed by atoms with Crippen molar-refractivity contribution in [1.29, 1.82) is 0 Å². The van der Waals surface area contributed by atoms with E-state index in [2.05, 4.69) is 88.6 Å². The van der Waals surface area contributed by atoms with Crippen LogP contribution in [-0.2, 0) is 72.1 Å². The number of anilines is 6. The molecule has 6 aromatic rings. The van der Waals surface area contributed by atoms with E-state index in [0.29, 0.717) is 26.1 Å². The standard InChI is InChI=1S/C18H24N4O2.C17H22N4O2.C14H18N4.B41/c1-20-11-15(19-13-20)12-22-8-6-14-4-5-16(10-17(14)22)21(2)18(23)7-9-24-3;1-20(17(22)6-8-23-2)15-4-3-13-5-7-21(16(13)9-15)11-14-10-18-12-19-14;1-15-12-4-3-11-5-6-18(14(11)7-12)9-13-8-17(2)10-16-13;1-22-33(23(2)3)38(32(20)21)41(39(34(24(4)5)25(6)7)35(26(8)9)27(10)11)40(36(28(12)13)29(14)15)37(30(16)17)31(18)19/h4-5,10-11,13H,6-9,12H2,1-3H3;3-4,9-10,12H,5-8,11H2,1-2H3,(H,18,19);3-4,7-8,10,15H,5-6,9H2,1-2H3;. The molecule has 467 valence electrons. The molecule has 0 unspecified atom stereocenters. The number of ether oxygens (including phenoxy) is 2. The Hall–Kier alpha value is -3.99. The summed E-state index contributed by atoms with van der Waals surface area (Å²) in [4.78, 5) is 50.8. The molecule has 0 aliphatic carbocycles. The summed E-state index contributed by atoms with van der Waals surface area (Å²) in [5.41, 5.74) is 14.1. The molecule has 3 aromatic carbocycles. The van der Waals surface area contributed by atoms with Crippen molar-refractivity contribution in [2.45, 2.75) is 51.7 Å². The van der Waals surface area contributed by atoms with Crippen LogP contribution in [0.25, 0.3) is 0 Å². The molecule has 0 spiro atoms. The first-order valence-corrected chi connectivity index (χ1v) is 35.6. The van der Waals surface area contributed by atoms with E-state index < -0.39 is 121 Å². The average Bonchev–Trinajstić information content (AvgIpc) is 1.19. The van der Waals surface area contributed by atoms with Gasteiger partial charge in [0.1, 0.15) is 0 Å². The first kappa shape index (κ1) is 90.9. The first-order chi connectivity index (χ1) is 50.2. The summed E-state index contributed by atoms with van der Waals surface area (Å²) in [6.07, 6.45) is -6.00. The van der Waals surface area contributed by atoms with Crippen LogP contribution in [-0.4, -0.2) is 400 Å². The van der Waals surface area contributed by atoms with Crippen molar-refractivity contribution in [3.05, 3.63) is 126 Å². The molecule has 57 heteroatoms. The quantitative estimate of drug-likeness (QED) is 0.0372. The lowest BCUT2D eigenvalue weighted by Crippen LogP contribution is -2.92. The van der Waals surface area contributed by atoms with Crippen LogP contribution in [0.15, 0.2) is 92.2 Å². The van der Waals surface area contributed by atoms with Crippen LogP contribution in [0, 0.1) is 0 Å². The van der Waals surface area contributed by atoms with Gasteiger partial charge in [0, 0.05) is 413 Å². The fraction of sp³-hybridized carbons (Fsp3) is 0.408. The number of imidazole rings is 3. The Labute approximate surface area is 669 Å². The van der Waals surface area contributed by atoms with Crippen molar-refractivity contribution in [3.8, 4) is 0 Å². The number of nitrogens with zero attached hydrogens (tertiary/aromatic N) is 10. The molecule has 106 heavy (non-hydrogen) atoms. The van der Waals surface area contributed by atoms with Crippen LogP contribution in [0.3, 0.4) is 0 Å². The zero-order valence-corrected chi connectivity index (χ0v) is 62.6. The van der Waals surface area contributed by atoms with Gasteiger partial charge in [0.2, 0.25) is 11.8 Å². The number of rotatable bonds is 34. The van der Waals surface area contributed by atoms with Crippen LogP contribution < -0.4 is 29.8 Å². The predicted molar refractivity (Wildman–Crippen MR) is 494 cm³/mol. The van der Waals surface area contributed by atoms with Crippen molar-refractivity contribution in [3.63, 3.8) is 0 Å². The Morgan fingerprint density at radius 2 is 0.849 bits per heavy atom. The lowest BCUT2D eigenvalue weighted by Gasteiger charge is -2.54. The summed E-state index contributed by atoms with van der Waals surface area (Å²) in [7, 11) is 145. The number of carbonyl (C=O) groups is 2. The van der Waals surface area contributed by atoms with Gasteiger partial charge >= 0.3 is 0 Å². The Morgan fingerprint density at radius 1 is 0.500 bits per heavy atom. The van der Waals surface area contributed by atoms with E-state index in [0.717, 1.165) is 87.0 Å². The SMILES string of the molecule is CNc1ccc2c(c1)N(Cc1cn(C)cn1)CC2.COCCC(=O)N(C)c1ccc2c(c1)N(Cc1cn(C)cn1)CC2.COCCC(=O)N(C)c1ccc2c(c1)N(Cc1cnc[nH]1)CC2.[B][B]B(B([B])[B])B(B([B])[B])B(B(B(B([B])[B])B([B])[B])B(B([B])[B])B([B])[B])B(B(B([B])[B])B([B])[B])B(B([B])[B])B([B])[B]. The van der Waals surface area contributed by atoms with E-state index in [-0.39, 0.29) is 11.8 Å². The molecule has 3 aliphatic rings. The molecule has 2 N–H and O–H groups in total. The number of hydrogen-bond acceptors (Lipinski definition) is 11. The van der Waals surface area contributed by atoms with Crippen molar-refractivity contribution in [1.82, 2.24) is 29.1 Å². The minimum atomic E-state index is -1.23. The summed E-state index contributed by atoms with van der Waals surface area (Å²) >= 11 is 0. The molecule has 3 aliphatic heterocycles. The normalized spacial score (nSPS) is 11.9. The number of methoxy groups -OCH3 is 2. The number of hydrogen-bond donors (Lipinski definition) is 2. The molecule has 0 saturated heterocycles. The number of aromatic amines is 1. The van der Waals surface area contributed by atoms with Crippen molar-refractivity contribution in [2.75, 3.05) is 98.0 Å². The van der Waals surface area contributed by atoms with Gasteiger partial charge in [0.15, 0.2) is 0 Å². The Bertz CT molecular complexity index is 3520. The molecule has 0 fully saturated rings. The molecule has 0 atom stereocenters. The highest BCUT2D eigenvalue weighted by atomic mass is 16.5. The zero-order valence-electron chi connectivity index (χ0n) is 62.6. The van der Waals surface area contributed by atoms with E-state index >= 15 is 0 Å². The second-order valence-electron chi connectivity index (χ2n) is 27.9. The van der Waals surface area contributed by atoms with Gasteiger partial charge in [-0.15, -0.1) is 0 Å².